The SMILES string of the molecule is COc1ccc(-c2noc(COC(=O)COc3cc(Cl)c(Cl)cc3Cl)n2)cc1. The lowest BCUT2D eigenvalue weighted by molar-refractivity contribution is -0.148. The highest BCUT2D eigenvalue weighted by molar-refractivity contribution is 6.43. The molecule has 0 spiro atoms. The van der Waals surface area contributed by atoms with Gasteiger partial charge in [-0.05, 0) is 30.3 Å². The zero-order chi connectivity index (χ0) is 20.1. The molecular formula is C18H13Cl3N2O5. The smallest absolute Gasteiger partial charge is 0.344 e. The van der Waals surface area contributed by atoms with E-state index in [4.69, 9.17) is 53.5 Å². The quantitative estimate of drug-likeness (QED) is 0.382. The molecule has 0 amide bonds. The van der Waals surface area contributed by atoms with Gasteiger partial charge in [0.25, 0.3) is 5.89 Å². The molecule has 0 fully saturated rings. The van der Waals surface area contributed by atoms with Crippen LogP contribution in [0, 0.1) is 0 Å². The molecule has 3 rings (SSSR count). The highest BCUT2D eigenvalue weighted by Gasteiger charge is 2.13. The Morgan fingerprint density at radius 2 is 1.79 bits per heavy atom. The summed E-state index contributed by atoms with van der Waals surface area (Å²) in [6.07, 6.45) is 0. The number of carbonyl (C=O) groups is 1. The number of benzene rings is 2. The Balaban J connectivity index is 1.52. The van der Waals surface area contributed by atoms with Crippen molar-refractivity contribution < 1.29 is 23.5 Å². The molecular weight excluding hydrogens is 431 g/mol. The van der Waals surface area contributed by atoms with Crippen LogP contribution in [0.2, 0.25) is 15.1 Å². The predicted octanol–water partition coefficient (Wildman–Crippen LogP) is 4.83. The van der Waals surface area contributed by atoms with Crippen LogP contribution in [-0.4, -0.2) is 29.8 Å². The van der Waals surface area contributed by atoms with Gasteiger partial charge >= 0.3 is 5.97 Å². The minimum atomic E-state index is -0.647. The average Bonchev–Trinajstić information content (AvgIpc) is 3.17. The standard InChI is InChI=1S/C18H13Cl3N2O5/c1-25-11-4-2-10(3-5-11)18-22-16(28-23-18)8-27-17(24)9-26-15-7-13(20)12(19)6-14(15)21/h2-7H,8-9H2,1H3. The van der Waals surface area contributed by atoms with Crippen LogP contribution >= 0.6 is 34.8 Å². The van der Waals surface area contributed by atoms with Gasteiger partial charge in [0.1, 0.15) is 11.5 Å². The van der Waals surface area contributed by atoms with Crippen molar-refractivity contribution in [3.8, 4) is 22.9 Å². The number of hydrogen-bond donors (Lipinski definition) is 0. The monoisotopic (exact) mass is 442 g/mol. The predicted molar refractivity (Wildman–Crippen MR) is 103 cm³/mol. The van der Waals surface area contributed by atoms with E-state index in [0.717, 1.165) is 5.56 Å². The fraction of sp³-hybridized carbons (Fsp3) is 0.167. The third-order valence-electron chi connectivity index (χ3n) is 3.49. The molecule has 0 saturated heterocycles. The highest BCUT2D eigenvalue weighted by Crippen LogP contribution is 2.33. The van der Waals surface area contributed by atoms with Crippen LogP contribution in [-0.2, 0) is 16.1 Å². The molecule has 0 aliphatic rings. The maximum Gasteiger partial charge on any atom is 0.344 e. The zero-order valence-electron chi connectivity index (χ0n) is 14.4. The lowest BCUT2D eigenvalue weighted by atomic mass is 10.2. The highest BCUT2D eigenvalue weighted by atomic mass is 35.5. The van der Waals surface area contributed by atoms with E-state index < -0.39 is 5.97 Å². The topological polar surface area (TPSA) is 83.7 Å². The van der Waals surface area contributed by atoms with E-state index in [9.17, 15) is 4.79 Å². The third-order valence-corrected chi connectivity index (χ3v) is 4.51. The summed E-state index contributed by atoms with van der Waals surface area (Å²) in [4.78, 5) is 16.0. The Morgan fingerprint density at radius 1 is 1.07 bits per heavy atom. The first-order valence-electron chi connectivity index (χ1n) is 7.86. The van der Waals surface area contributed by atoms with Gasteiger partial charge in [0.05, 0.1) is 22.2 Å². The van der Waals surface area contributed by atoms with Gasteiger partial charge in [0.2, 0.25) is 5.82 Å². The Hall–Kier alpha value is -2.48. The van der Waals surface area contributed by atoms with Crippen molar-refractivity contribution in [2.75, 3.05) is 13.7 Å². The van der Waals surface area contributed by atoms with E-state index in [1.54, 1.807) is 31.4 Å². The van der Waals surface area contributed by atoms with Gasteiger partial charge in [-0.3, -0.25) is 0 Å². The molecule has 10 heteroatoms. The average molecular weight is 444 g/mol. The first-order chi connectivity index (χ1) is 13.5. The van der Waals surface area contributed by atoms with E-state index in [1.165, 1.54) is 12.1 Å². The van der Waals surface area contributed by atoms with E-state index in [2.05, 4.69) is 10.1 Å². The number of carbonyl (C=O) groups excluding carboxylic acids is 1. The second-order valence-corrected chi connectivity index (χ2v) is 6.61. The molecule has 1 aromatic heterocycles. The lowest BCUT2D eigenvalue weighted by Gasteiger charge is -2.08. The van der Waals surface area contributed by atoms with Crippen LogP contribution in [0.4, 0.5) is 0 Å². The minimum absolute atomic E-state index is 0.145. The van der Waals surface area contributed by atoms with E-state index >= 15 is 0 Å². The normalized spacial score (nSPS) is 10.6. The third kappa shape index (κ3) is 5.07. The summed E-state index contributed by atoms with van der Waals surface area (Å²) in [5.74, 6) is 0.793. The second-order valence-electron chi connectivity index (χ2n) is 5.39. The molecule has 1 heterocycles. The van der Waals surface area contributed by atoms with Gasteiger partial charge in [-0.1, -0.05) is 40.0 Å². The molecule has 0 N–H and O–H groups in total. The molecule has 0 unspecified atom stereocenters. The van der Waals surface area contributed by atoms with Crippen LogP contribution in [0.5, 0.6) is 11.5 Å². The van der Waals surface area contributed by atoms with Crippen LogP contribution in [0.25, 0.3) is 11.4 Å². The first kappa shape index (κ1) is 20.3. The molecule has 0 radical (unpaired) electrons. The van der Waals surface area contributed by atoms with Gasteiger partial charge in [-0.15, -0.1) is 0 Å². The molecule has 3 aromatic rings. The summed E-state index contributed by atoms with van der Waals surface area (Å²) < 4.78 is 20.5. The number of ether oxygens (including phenoxy) is 3. The molecule has 28 heavy (non-hydrogen) atoms. The van der Waals surface area contributed by atoms with Crippen molar-refractivity contribution in [1.82, 2.24) is 10.1 Å². The summed E-state index contributed by atoms with van der Waals surface area (Å²) in [5, 5.41) is 4.61. The van der Waals surface area contributed by atoms with Gasteiger partial charge in [0, 0.05) is 11.6 Å². The number of methoxy groups -OCH3 is 1. The summed E-state index contributed by atoms with van der Waals surface area (Å²) in [5.41, 5.74) is 0.736. The summed E-state index contributed by atoms with van der Waals surface area (Å²) in [6.45, 7) is -0.572. The van der Waals surface area contributed by atoms with Gasteiger partial charge < -0.3 is 18.7 Å². The number of nitrogens with zero attached hydrogens (tertiary/aromatic N) is 2. The Kier molecular flexibility index (Phi) is 6.61. The second kappa shape index (κ2) is 9.14. The molecule has 0 saturated carbocycles. The maximum absolute atomic E-state index is 11.8. The number of halogens is 3. The van der Waals surface area contributed by atoms with Crippen molar-refractivity contribution in [3.63, 3.8) is 0 Å². The molecule has 0 atom stereocenters. The molecule has 2 aromatic carbocycles. The Labute approximate surface area is 175 Å². The van der Waals surface area contributed by atoms with Crippen LogP contribution in [0.1, 0.15) is 5.89 Å². The van der Waals surface area contributed by atoms with Crippen LogP contribution in [0.15, 0.2) is 40.9 Å². The van der Waals surface area contributed by atoms with Gasteiger partial charge in [0.15, 0.2) is 13.2 Å². The van der Waals surface area contributed by atoms with Crippen molar-refractivity contribution in [2.24, 2.45) is 0 Å². The van der Waals surface area contributed by atoms with Gasteiger partial charge in [-0.25, -0.2) is 4.79 Å². The number of rotatable bonds is 7. The first-order valence-corrected chi connectivity index (χ1v) is 8.99. The Morgan fingerprint density at radius 3 is 2.50 bits per heavy atom. The largest absolute Gasteiger partial charge is 0.497 e. The molecule has 146 valence electrons. The number of aromatic nitrogens is 2. The molecule has 7 nitrogen and oxygen atoms in total. The maximum atomic E-state index is 11.8. The van der Waals surface area contributed by atoms with E-state index in [0.29, 0.717) is 11.6 Å². The summed E-state index contributed by atoms with van der Waals surface area (Å²) in [6, 6.07) is 9.96. The van der Waals surface area contributed by atoms with E-state index in [-0.39, 0.29) is 39.9 Å². The zero-order valence-corrected chi connectivity index (χ0v) is 16.7. The number of hydrogen-bond acceptors (Lipinski definition) is 7. The fourth-order valence-electron chi connectivity index (χ4n) is 2.11. The minimum Gasteiger partial charge on any atom is -0.497 e. The van der Waals surface area contributed by atoms with Crippen molar-refractivity contribution in [2.45, 2.75) is 6.61 Å². The molecule has 0 bridgehead atoms. The van der Waals surface area contributed by atoms with Crippen LogP contribution < -0.4 is 9.47 Å². The van der Waals surface area contributed by atoms with Crippen molar-refractivity contribution >= 4 is 40.8 Å². The summed E-state index contributed by atoms with van der Waals surface area (Å²) in [7, 11) is 1.58. The lowest BCUT2D eigenvalue weighted by Crippen LogP contribution is -2.15. The van der Waals surface area contributed by atoms with Crippen molar-refractivity contribution in [1.29, 1.82) is 0 Å². The number of esters is 1. The molecule has 0 aliphatic heterocycles. The summed E-state index contributed by atoms with van der Waals surface area (Å²) >= 11 is 17.7. The van der Waals surface area contributed by atoms with E-state index in [1.807, 2.05) is 0 Å². The van der Waals surface area contributed by atoms with Gasteiger partial charge in [-0.2, -0.15) is 4.98 Å². The fourth-order valence-corrected chi connectivity index (χ4v) is 2.70. The van der Waals surface area contributed by atoms with Crippen molar-refractivity contribution in [3.05, 3.63) is 57.4 Å². The Bertz CT molecular complexity index is 976. The van der Waals surface area contributed by atoms with Crippen LogP contribution in [0.3, 0.4) is 0 Å². The molecule has 0 aliphatic carbocycles.